The summed E-state index contributed by atoms with van der Waals surface area (Å²) in [7, 11) is 0. The van der Waals surface area contributed by atoms with E-state index in [0.29, 0.717) is 0 Å². The highest BCUT2D eigenvalue weighted by Gasteiger charge is 2.23. The predicted molar refractivity (Wildman–Crippen MR) is 56.1 cm³/mol. The molecule has 84 valence electrons. The van der Waals surface area contributed by atoms with E-state index in [4.69, 9.17) is 21.8 Å². The smallest absolute Gasteiger partial charge is 0.285 e. The van der Waals surface area contributed by atoms with Gasteiger partial charge in [-0.05, 0) is 6.92 Å². The van der Waals surface area contributed by atoms with Gasteiger partial charge in [0.1, 0.15) is 5.02 Å². The van der Waals surface area contributed by atoms with E-state index in [9.17, 15) is 4.79 Å². The third-order valence-electron chi connectivity index (χ3n) is 1.93. The zero-order chi connectivity index (χ0) is 11.5. The van der Waals surface area contributed by atoms with Crippen molar-refractivity contribution in [3.63, 3.8) is 0 Å². The molecule has 6 nitrogen and oxygen atoms in total. The number of aromatic nitrogens is 2. The average molecular weight is 234 g/mol. The van der Waals surface area contributed by atoms with Gasteiger partial charge in [0, 0.05) is 0 Å². The first kappa shape index (κ1) is 12.0. The molecule has 0 atom stereocenters. The van der Waals surface area contributed by atoms with Crippen molar-refractivity contribution in [2.24, 2.45) is 0 Å². The van der Waals surface area contributed by atoms with Gasteiger partial charge >= 0.3 is 0 Å². The maximum absolute atomic E-state index is 11.1. The number of hydrogen-bond acceptors (Lipinski definition) is 5. The van der Waals surface area contributed by atoms with Crippen molar-refractivity contribution in [1.29, 1.82) is 0 Å². The molecule has 0 fully saturated rings. The summed E-state index contributed by atoms with van der Waals surface area (Å²) < 4.78 is 0. The van der Waals surface area contributed by atoms with Crippen LogP contribution in [0.15, 0.2) is 11.0 Å². The van der Waals surface area contributed by atoms with Gasteiger partial charge in [0.15, 0.2) is 0 Å². The van der Waals surface area contributed by atoms with Crippen LogP contribution in [0.4, 0.5) is 5.69 Å². The lowest BCUT2D eigenvalue weighted by molar-refractivity contribution is 0.147. The first-order valence-electron chi connectivity index (χ1n) is 4.25. The molecule has 4 N–H and O–H groups in total. The van der Waals surface area contributed by atoms with Crippen molar-refractivity contribution in [1.82, 2.24) is 10.2 Å². The fraction of sp³-hybridized carbons (Fsp3) is 0.500. The fourth-order valence-corrected chi connectivity index (χ4v) is 1.06. The Kier molecular flexibility index (Phi) is 3.67. The lowest BCUT2D eigenvalue weighted by Crippen LogP contribution is -2.43. The van der Waals surface area contributed by atoms with E-state index in [1.807, 2.05) is 0 Å². The monoisotopic (exact) mass is 233 g/mol. The molecule has 0 saturated heterocycles. The Morgan fingerprint density at radius 2 is 2.20 bits per heavy atom. The van der Waals surface area contributed by atoms with Crippen LogP contribution >= 0.6 is 11.6 Å². The van der Waals surface area contributed by atoms with Crippen LogP contribution in [-0.2, 0) is 0 Å². The Labute approximate surface area is 90.9 Å². The molecule has 1 aromatic heterocycles. The van der Waals surface area contributed by atoms with E-state index < -0.39 is 11.1 Å². The molecular formula is C8H12ClN3O3. The maximum Gasteiger partial charge on any atom is 0.285 e. The fourth-order valence-electron chi connectivity index (χ4n) is 0.925. The molecule has 0 radical (unpaired) electrons. The number of hydrogen-bond donors (Lipinski definition) is 4. The van der Waals surface area contributed by atoms with Crippen LogP contribution in [0.25, 0.3) is 0 Å². The summed E-state index contributed by atoms with van der Waals surface area (Å²) in [4.78, 5) is 11.1. The van der Waals surface area contributed by atoms with E-state index in [0.717, 1.165) is 0 Å². The Balaban J connectivity index is 2.99. The molecule has 0 aliphatic rings. The van der Waals surface area contributed by atoms with Gasteiger partial charge in [-0.15, -0.1) is 0 Å². The highest BCUT2D eigenvalue weighted by molar-refractivity contribution is 6.32. The van der Waals surface area contributed by atoms with Gasteiger partial charge in [-0.3, -0.25) is 4.79 Å². The highest BCUT2D eigenvalue weighted by atomic mass is 35.5. The number of nitrogens with zero attached hydrogens (tertiary/aromatic N) is 1. The summed E-state index contributed by atoms with van der Waals surface area (Å²) in [5.41, 5.74) is -1.20. The third-order valence-corrected chi connectivity index (χ3v) is 2.31. The van der Waals surface area contributed by atoms with E-state index >= 15 is 0 Å². The molecule has 0 amide bonds. The third kappa shape index (κ3) is 2.68. The van der Waals surface area contributed by atoms with Gasteiger partial charge in [-0.25, -0.2) is 5.10 Å². The second-order valence-corrected chi connectivity index (χ2v) is 3.81. The van der Waals surface area contributed by atoms with Crippen molar-refractivity contribution in [2.45, 2.75) is 12.5 Å². The molecule has 1 rings (SSSR count). The second-order valence-electron chi connectivity index (χ2n) is 3.43. The highest BCUT2D eigenvalue weighted by Crippen LogP contribution is 2.19. The number of aliphatic hydroxyl groups excluding tert-OH is 2. The number of aliphatic hydroxyl groups is 2. The SMILES string of the molecule is CC(CO)(CO)Nc1cn[nH]c(=O)c1Cl. The minimum absolute atomic E-state index is 0.0573. The molecule has 0 spiro atoms. The summed E-state index contributed by atoms with van der Waals surface area (Å²) in [6.07, 6.45) is 1.31. The number of H-pyrrole nitrogens is 1. The normalized spacial score (nSPS) is 11.5. The Hall–Kier alpha value is -1.11. The molecule has 7 heteroatoms. The molecule has 1 heterocycles. The summed E-state index contributed by atoms with van der Waals surface area (Å²) in [5.74, 6) is 0. The van der Waals surface area contributed by atoms with Gasteiger partial charge in [-0.2, -0.15) is 5.10 Å². The minimum Gasteiger partial charge on any atom is -0.394 e. The molecule has 0 aliphatic carbocycles. The molecule has 0 aliphatic heterocycles. The van der Waals surface area contributed by atoms with Crippen LogP contribution in [-0.4, -0.2) is 39.2 Å². The lowest BCUT2D eigenvalue weighted by Gasteiger charge is -2.27. The van der Waals surface area contributed by atoms with E-state index in [1.54, 1.807) is 6.92 Å². The summed E-state index contributed by atoms with van der Waals surface area (Å²) in [6.45, 7) is 0.990. The van der Waals surface area contributed by atoms with Crippen molar-refractivity contribution >= 4 is 17.3 Å². The maximum atomic E-state index is 11.1. The van der Waals surface area contributed by atoms with Gasteiger partial charge in [0.2, 0.25) is 0 Å². The zero-order valence-corrected chi connectivity index (χ0v) is 8.88. The second kappa shape index (κ2) is 4.61. The van der Waals surface area contributed by atoms with Gasteiger partial charge in [0.25, 0.3) is 5.56 Å². The number of aromatic amines is 1. The van der Waals surface area contributed by atoms with Crippen LogP contribution in [0.1, 0.15) is 6.92 Å². The number of nitrogens with one attached hydrogen (secondary N) is 2. The molecule has 15 heavy (non-hydrogen) atoms. The van der Waals surface area contributed by atoms with Crippen LogP contribution in [0.3, 0.4) is 0 Å². The van der Waals surface area contributed by atoms with Crippen LogP contribution in [0.5, 0.6) is 0 Å². The molecule has 0 unspecified atom stereocenters. The Morgan fingerprint density at radius 1 is 1.60 bits per heavy atom. The van der Waals surface area contributed by atoms with Gasteiger partial charge < -0.3 is 15.5 Å². The van der Waals surface area contributed by atoms with Gasteiger partial charge in [0.05, 0.1) is 30.6 Å². The molecular weight excluding hydrogens is 222 g/mol. The largest absolute Gasteiger partial charge is 0.394 e. The van der Waals surface area contributed by atoms with Gasteiger partial charge in [-0.1, -0.05) is 11.6 Å². The predicted octanol–water partition coefficient (Wildman–Crippen LogP) is -0.422. The average Bonchev–Trinajstić information content (AvgIpc) is 2.25. The van der Waals surface area contributed by atoms with Crippen molar-refractivity contribution < 1.29 is 10.2 Å². The van der Waals surface area contributed by atoms with Crippen molar-refractivity contribution in [3.05, 3.63) is 21.6 Å². The summed E-state index contributed by atoms with van der Waals surface area (Å²) >= 11 is 5.70. The topological polar surface area (TPSA) is 98.2 Å². The first-order chi connectivity index (χ1) is 7.02. The molecule has 0 saturated carbocycles. The lowest BCUT2D eigenvalue weighted by atomic mass is 10.1. The number of rotatable bonds is 4. The summed E-state index contributed by atoms with van der Waals surface area (Å²) in [6, 6.07) is 0. The quantitative estimate of drug-likeness (QED) is 0.566. The van der Waals surface area contributed by atoms with Crippen molar-refractivity contribution in [2.75, 3.05) is 18.5 Å². The van der Waals surface area contributed by atoms with E-state index in [1.165, 1.54) is 6.20 Å². The van der Waals surface area contributed by atoms with E-state index in [2.05, 4.69) is 15.5 Å². The summed E-state index contributed by atoms with van der Waals surface area (Å²) in [5, 5.41) is 26.5. The molecule has 1 aromatic rings. The Bertz CT molecular complexity index is 389. The van der Waals surface area contributed by atoms with Crippen LogP contribution < -0.4 is 10.9 Å². The molecule has 0 bridgehead atoms. The van der Waals surface area contributed by atoms with Crippen molar-refractivity contribution in [3.8, 4) is 0 Å². The number of halogens is 1. The van der Waals surface area contributed by atoms with E-state index in [-0.39, 0.29) is 23.9 Å². The standard InChI is InChI=1S/C8H12ClN3O3/c1-8(3-13,4-14)11-5-2-10-12-7(15)6(5)9/h2,13-14H,3-4H2,1H3,(H2,11,12,15). The zero-order valence-electron chi connectivity index (χ0n) is 8.12. The van der Waals surface area contributed by atoms with Crippen LogP contribution in [0.2, 0.25) is 5.02 Å². The van der Waals surface area contributed by atoms with Crippen LogP contribution in [0, 0.1) is 0 Å². The first-order valence-corrected chi connectivity index (χ1v) is 4.63. The Morgan fingerprint density at radius 3 is 2.73 bits per heavy atom. The minimum atomic E-state index is -0.945. The number of anilines is 1. The molecule has 0 aromatic carbocycles.